The maximum absolute atomic E-state index is 12.8. The largest absolute Gasteiger partial charge is 0.457 e. The second-order valence-corrected chi connectivity index (χ2v) is 15.8. The lowest BCUT2D eigenvalue weighted by atomic mass is 9.99. The zero-order chi connectivity index (χ0) is 41.4. The van der Waals surface area contributed by atoms with Gasteiger partial charge in [-0.15, -0.1) is 0 Å². The first kappa shape index (κ1) is 53.2. The van der Waals surface area contributed by atoms with E-state index in [2.05, 4.69) is 62.5 Å². The minimum atomic E-state index is -1.54. The number of hydrogen-bond acceptors (Lipinski definition) is 9. The Balaban J connectivity index is 2.26. The van der Waals surface area contributed by atoms with Crippen molar-refractivity contribution in [2.24, 2.45) is 0 Å². The van der Waals surface area contributed by atoms with Crippen LogP contribution in [-0.2, 0) is 23.7 Å². The second-order valence-electron chi connectivity index (χ2n) is 15.8. The first-order valence-electron chi connectivity index (χ1n) is 23.2. The number of esters is 1. The molecule has 332 valence electrons. The van der Waals surface area contributed by atoms with Gasteiger partial charge in [0.15, 0.2) is 6.29 Å². The predicted molar refractivity (Wildman–Crippen MR) is 233 cm³/mol. The Kier molecular flexibility index (Phi) is 36.9. The number of hydrogen-bond donors (Lipinski definition) is 4. The van der Waals surface area contributed by atoms with Crippen LogP contribution < -0.4 is 0 Å². The summed E-state index contributed by atoms with van der Waals surface area (Å²) in [4.78, 5) is 12.8. The third-order valence-corrected chi connectivity index (χ3v) is 10.5. The summed E-state index contributed by atoms with van der Waals surface area (Å²) >= 11 is 0. The summed E-state index contributed by atoms with van der Waals surface area (Å²) in [5.74, 6) is -0.329. The second kappa shape index (κ2) is 39.6. The average molecular weight is 807 g/mol. The number of aliphatic hydroxyl groups is 4. The van der Waals surface area contributed by atoms with Crippen molar-refractivity contribution >= 4 is 5.97 Å². The number of allylic oxidation sites excluding steroid dienone is 8. The highest BCUT2D eigenvalue weighted by Crippen LogP contribution is 2.22. The molecule has 9 heteroatoms. The molecule has 9 nitrogen and oxygen atoms in total. The van der Waals surface area contributed by atoms with Crippen LogP contribution in [0.3, 0.4) is 0 Å². The number of unbranched alkanes of at least 4 members (excludes halogenated alkanes) is 20. The Morgan fingerprint density at radius 3 is 1.58 bits per heavy atom. The molecule has 1 saturated heterocycles. The van der Waals surface area contributed by atoms with E-state index in [9.17, 15) is 25.2 Å². The monoisotopic (exact) mass is 807 g/mol. The van der Waals surface area contributed by atoms with Crippen LogP contribution in [0.15, 0.2) is 48.6 Å². The smallest absolute Gasteiger partial charge is 0.306 e. The molecule has 0 aliphatic carbocycles. The molecule has 57 heavy (non-hydrogen) atoms. The fourth-order valence-electron chi connectivity index (χ4n) is 6.79. The summed E-state index contributed by atoms with van der Waals surface area (Å²) in [5.41, 5.74) is 0. The lowest BCUT2D eigenvalue weighted by Crippen LogP contribution is -2.59. The Labute approximate surface area is 348 Å². The molecule has 6 atom stereocenters. The topological polar surface area (TPSA) is 135 Å². The number of ether oxygens (including phenoxy) is 4. The molecule has 0 aromatic rings. The van der Waals surface area contributed by atoms with Gasteiger partial charge in [-0.05, 0) is 77.0 Å². The highest BCUT2D eigenvalue weighted by atomic mass is 16.7. The molecule has 0 saturated carbocycles. The molecule has 0 bridgehead atoms. The molecule has 0 aromatic heterocycles. The van der Waals surface area contributed by atoms with Gasteiger partial charge in [0.05, 0.1) is 19.8 Å². The van der Waals surface area contributed by atoms with Gasteiger partial charge in [-0.2, -0.15) is 0 Å². The molecule has 0 spiro atoms. The van der Waals surface area contributed by atoms with E-state index in [0.717, 1.165) is 70.6 Å². The molecule has 0 aromatic carbocycles. The van der Waals surface area contributed by atoms with Gasteiger partial charge in [0, 0.05) is 13.0 Å². The van der Waals surface area contributed by atoms with E-state index in [1.807, 2.05) is 0 Å². The van der Waals surface area contributed by atoms with E-state index >= 15 is 0 Å². The minimum Gasteiger partial charge on any atom is -0.457 e. The normalized spacial score (nSPS) is 20.8. The molecule has 1 heterocycles. The fraction of sp³-hybridized carbons (Fsp3) is 0.812. The third kappa shape index (κ3) is 30.8. The molecule has 4 N–H and O–H groups in total. The Bertz CT molecular complexity index is 1010. The third-order valence-electron chi connectivity index (χ3n) is 10.5. The highest BCUT2D eigenvalue weighted by molar-refractivity contribution is 5.69. The van der Waals surface area contributed by atoms with Crippen LogP contribution >= 0.6 is 0 Å². The quantitative estimate of drug-likeness (QED) is 0.0272. The summed E-state index contributed by atoms with van der Waals surface area (Å²) in [6, 6.07) is 0. The van der Waals surface area contributed by atoms with E-state index in [-0.39, 0.29) is 19.2 Å². The standard InChI is InChI=1S/C48H86O9/c1-3-5-7-9-11-13-15-17-18-19-20-21-22-23-24-25-27-29-31-33-35-37-44(50)56-42(41-55-48-47(53)46(52)45(51)43(39-49)57-48)40-54-38-36-34-32-30-28-26-16-14-12-10-8-6-4-2/h12,14-15,17,19-20,22-23,42-43,45-49,51-53H,3-11,13,16,18,21,24-41H2,1-2H3/b14-12-,17-15-,20-19-,23-22-. The lowest BCUT2D eigenvalue weighted by molar-refractivity contribution is -0.305. The van der Waals surface area contributed by atoms with Crippen molar-refractivity contribution in [3.05, 3.63) is 48.6 Å². The van der Waals surface area contributed by atoms with Crippen molar-refractivity contribution in [1.29, 1.82) is 0 Å². The van der Waals surface area contributed by atoms with E-state index in [1.54, 1.807) is 0 Å². The maximum Gasteiger partial charge on any atom is 0.306 e. The van der Waals surface area contributed by atoms with Crippen LogP contribution in [0, 0.1) is 0 Å². The van der Waals surface area contributed by atoms with Crippen molar-refractivity contribution in [2.45, 2.75) is 224 Å². The summed E-state index contributed by atoms with van der Waals surface area (Å²) in [7, 11) is 0. The van der Waals surface area contributed by atoms with Crippen LogP contribution in [0.25, 0.3) is 0 Å². The highest BCUT2D eigenvalue weighted by Gasteiger charge is 2.44. The fourth-order valence-corrected chi connectivity index (χ4v) is 6.79. The SMILES string of the molecule is CCCCC/C=C\CCCCCCCCOCC(COC1OC(CO)C(O)C(O)C1O)OC(=O)CCCCCCCC/C=C\C/C=C\C/C=C\CCCCCCC. The first-order valence-corrected chi connectivity index (χ1v) is 23.2. The van der Waals surface area contributed by atoms with Crippen LogP contribution in [-0.4, -0.2) is 89.6 Å². The zero-order valence-corrected chi connectivity index (χ0v) is 36.3. The molecule has 1 rings (SSSR count). The summed E-state index contributed by atoms with van der Waals surface area (Å²) in [5, 5.41) is 40.1. The van der Waals surface area contributed by atoms with Crippen LogP contribution in [0.5, 0.6) is 0 Å². The Morgan fingerprint density at radius 1 is 0.561 bits per heavy atom. The molecule has 6 unspecified atom stereocenters. The van der Waals surface area contributed by atoms with Gasteiger partial charge in [0.1, 0.15) is 30.5 Å². The number of rotatable bonds is 39. The van der Waals surface area contributed by atoms with Gasteiger partial charge in [0.2, 0.25) is 0 Å². The maximum atomic E-state index is 12.8. The van der Waals surface area contributed by atoms with E-state index in [0.29, 0.717) is 13.0 Å². The lowest BCUT2D eigenvalue weighted by Gasteiger charge is -2.39. The molecule has 1 aliphatic heterocycles. The molecular weight excluding hydrogens is 721 g/mol. The van der Waals surface area contributed by atoms with E-state index in [1.165, 1.54) is 96.3 Å². The number of aliphatic hydroxyl groups excluding tert-OH is 4. The predicted octanol–water partition coefficient (Wildman–Crippen LogP) is 10.5. The van der Waals surface area contributed by atoms with E-state index < -0.39 is 43.4 Å². The minimum absolute atomic E-state index is 0.122. The van der Waals surface area contributed by atoms with Gasteiger partial charge < -0.3 is 39.4 Å². The molecule has 1 aliphatic rings. The zero-order valence-electron chi connectivity index (χ0n) is 36.3. The summed E-state index contributed by atoms with van der Waals surface area (Å²) in [6.45, 7) is 4.50. The summed E-state index contributed by atoms with van der Waals surface area (Å²) in [6.07, 6.45) is 41.3. The van der Waals surface area contributed by atoms with Gasteiger partial charge in [-0.3, -0.25) is 4.79 Å². The van der Waals surface area contributed by atoms with Crippen molar-refractivity contribution in [1.82, 2.24) is 0 Å². The van der Waals surface area contributed by atoms with E-state index in [4.69, 9.17) is 18.9 Å². The van der Waals surface area contributed by atoms with Crippen LogP contribution in [0.1, 0.15) is 187 Å². The van der Waals surface area contributed by atoms with Crippen molar-refractivity contribution in [3.63, 3.8) is 0 Å². The Hall–Kier alpha value is -1.85. The molecule has 0 radical (unpaired) electrons. The number of carbonyl (C=O) groups is 1. The summed E-state index contributed by atoms with van der Waals surface area (Å²) < 4.78 is 22.8. The molecular formula is C48H86O9. The van der Waals surface area contributed by atoms with Gasteiger partial charge in [-0.25, -0.2) is 0 Å². The molecule has 1 fully saturated rings. The van der Waals surface area contributed by atoms with Crippen molar-refractivity contribution in [2.75, 3.05) is 26.4 Å². The number of carbonyl (C=O) groups excluding carboxylic acids is 1. The van der Waals surface area contributed by atoms with Crippen molar-refractivity contribution in [3.8, 4) is 0 Å². The van der Waals surface area contributed by atoms with Gasteiger partial charge in [-0.1, -0.05) is 152 Å². The van der Waals surface area contributed by atoms with Crippen LogP contribution in [0.2, 0.25) is 0 Å². The van der Waals surface area contributed by atoms with Crippen molar-refractivity contribution < 1.29 is 44.2 Å². The first-order chi connectivity index (χ1) is 27.9. The van der Waals surface area contributed by atoms with Gasteiger partial charge >= 0.3 is 5.97 Å². The Morgan fingerprint density at radius 2 is 1.02 bits per heavy atom. The van der Waals surface area contributed by atoms with Crippen LogP contribution in [0.4, 0.5) is 0 Å². The molecule has 0 amide bonds. The van der Waals surface area contributed by atoms with Gasteiger partial charge in [0.25, 0.3) is 0 Å². The average Bonchev–Trinajstić information content (AvgIpc) is 3.21.